The number of phenols is 1. The number of benzene rings is 1. The van der Waals surface area contributed by atoms with E-state index in [1.165, 1.54) is 18.2 Å². The Morgan fingerprint density at radius 3 is 2.74 bits per heavy atom. The van der Waals surface area contributed by atoms with Crippen LogP contribution in [0.25, 0.3) is 0 Å². The van der Waals surface area contributed by atoms with Crippen molar-refractivity contribution in [2.24, 2.45) is 0 Å². The Labute approximate surface area is 110 Å². The Morgan fingerprint density at radius 1 is 1.37 bits per heavy atom. The van der Waals surface area contributed by atoms with Crippen molar-refractivity contribution in [2.45, 2.75) is 13.3 Å². The fourth-order valence-corrected chi connectivity index (χ4v) is 1.42. The molecule has 0 spiro atoms. The number of carboxylic acids is 1. The highest BCUT2D eigenvalue weighted by Crippen LogP contribution is 2.27. The SMILES string of the molecule is C/C=C/CCNC(=O)Nc1cccc(C(=O)O)c1O. The highest BCUT2D eigenvalue weighted by atomic mass is 16.4. The zero-order valence-corrected chi connectivity index (χ0v) is 10.5. The van der Waals surface area contributed by atoms with Gasteiger partial charge in [0.25, 0.3) is 0 Å². The largest absolute Gasteiger partial charge is 0.505 e. The Morgan fingerprint density at radius 2 is 2.11 bits per heavy atom. The minimum atomic E-state index is -1.25. The molecular formula is C13H16N2O4. The van der Waals surface area contributed by atoms with Gasteiger partial charge in [0.15, 0.2) is 5.75 Å². The van der Waals surface area contributed by atoms with Crippen molar-refractivity contribution in [3.63, 3.8) is 0 Å². The van der Waals surface area contributed by atoms with E-state index in [1.807, 2.05) is 19.1 Å². The van der Waals surface area contributed by atoms with Gasteiger partial charge < -0.3 is 20.8 Å². The van der Waals surface area contributed by atoms with E-state index in [1.54, 1.807) is 0 Å². The first-order valence-electron chi connectivity index (χ1n) is 5.77. The zero-order valence-electron chi connectivity index (χ0n) is 10.5. The zero-order chi connectivity index (χ0) is 14.3. The average molecular weight is 264 g/mol. The van der Waals surface area contributed by atoms with Gasteiger partial charge in [0.1, 0.15) is 5.56 Å². The monoisotopic (exact) mass is 264 g/mol. The number of amides is 2. The number of aromatic carboxylic acids is 1. The molecule has 4 N–H and O–H groups in total. The number of nitrogens with one attached hydrogen (secondary N) is 2. The fourth-order valence-electron chi connectivity index (χ4n) is 1.42. The molecule has 6 heteroatoms. The maximum atomic E-state index is 11.5. The molecule has 0 saturated carbocycles. The first-order chi connectivity index (χ1) is 9.06. The molecule has 0 aromatic heterocycles. The van der Waals surface area contributed by atoms with Crippen LogP contribution >= 0.6 is 0 Å². The predicted octanol–water partition coefficient (Wildman–Crippen LogP) is 2.18. The minimum Gasteiger partial charge on any atom is -0.505 e. The molecule has 0 fully saturated rings. The number of rotatable bonds is 5. The third-order valence-electron chi connectivity index (χ3n) is 2.35. The highest BCUT2D eigenvalue weighted by molar-refractivity contribution is 5.97. The number of carbonyl (C=O) groups is 2. The molecule has 19 heavy (non-hydrogen) atoms. The first kappa shape index (κ1) is 14.6. The number of urea groups is 1. The third-order valence-corrected chi connectivity index (χ3v) is 2.35. The first-order valence-corrected chi connectivity index (χ1v) is 5.77. The number of carboxylic acid groups (broad SMARTS) is 1. The van der Waals surface area contributed by atoms with Gasteiger partial charge in [-0.3, -0.25) is 0 Å². The molecule has 0 aliphatic carbocycles. The van der Waals surface area contributed by atoms with Gasteiger partial charge in [-0.25, -0.2) is 9.59 Å². The summed E-state index contributed by atoms with van der Waals surface area (Å²) in [6.07, 6.45) is 4.48. The van der Waals surface area contributed by atoms with Crippen molar-refractivity contribution >= 4 is 17.7 Å². The van der Waals surface area contributed by atoms with Crippen molar-refractivity contribution in [1.29, 1.82) is 0 Å². The maximum Gasteiger partial charge on any atom is 0.339 e. The highest BCUT2D eigenvalue weighted by Gasteiger charge is 2.14. The number of para-hydroxylation sites is 1. The van der Waals surface area contributed by atoms with Crippen LogP contribution < -0.4 is 10.6 Å². The quantitative estimate of drug-likeness (QED) is 0.372. The van der Waals surface area contributed by atoms with Gasteiger partial charge in [-0.15, -0.1) is 0 Å². The lowest BCUT2D eigenvalue weighted by molar-refractivity contribution is 0.0694. The minimum absolute atomic E-state index is 0.0587. The summed E-state index contributed by atoms with van der Waals surface area (Å²) in [5, 5.41) is 23.5. The van der Waals surface area contributed by atoms with Gasteiger partial charge in [-0.2, -0.15) is 0 Å². The molecule has 0 unspecified atom stereocenters. The van der Waals surface area contributed by atoms with Crippen LogP contribution in [0.2, 0.25) is 0 Å². The lowest BCUT2D eigenvalue weighted by Gasteiger charge is -2.09. The molecule has 0 heterocycles. The summed E-state index contributed by atoms with van der Waals surface area (Å²) in [7, 11) is 0. The van der Waals surface area contributed by atoms with Gasteiger partial charge >= 0.3 is 12.0 Å². The average Bonchev–Trinajstić information content (AvgIpc) is 2.37. The van der Waals surface area contributed by atoms with Crippen LogP contribution in [-0.2, 0) is 0 Å². The Bertz CT molecular complexity index is 497. The summed E-state index contributed by atoms with van der Waals surface area (Å²) in [6, 6.07) is 3.63. The van der Waals surface area contributed by atoms with E-state index < -0.39 is 17.7 Å². The van der Waals surface area contributed by atoms with Gasteiger partial charge in [0.2, 0.25) is 0 Å². The van der Waals surface area contributed by atoms with E-state index in [9.17, 15) is 14.7 Å². The third kappa shape index (κ3) is 4.34. The lowest BCUT2D eigenvalue weighted by Crippen LogP contribution is -2.29. The van der Waals surface area contributed by atoms with Crippen LogP contribution in [0, 0.1) is 0 Å². The summed E-state index contributed by atoms with van der Waals surface area (Å²) in [6.45, 7) is 2.34. The Balaban J connectivity index is 2.64. The summed E-state index contributed by atoms with van der Waals surface area (Å²) >= 11 is 0. The smallest absolute Gasteiger partial charge is 0.339 e. The molecule has 1 aromatic rings. The second-order valence-electron chi connectivity index (χ2n) is 3.75. The van der Waals surface area contributed by atoms with E-state index in [4.69, 9.17) is 5.11 Å². The Hall–Kier alpha value is -2.50. The van der Waals surface area contributed by atoms with Gasteiger partial charge in [0, 0.05) is 6.54 Å². The second kappa shape index (κ2) is 7.05. The summed E-state index contributed by atoms with van der Waals surface area (Å²) in [5.41, 5.74) is -0.199. The molecule has 0 atom stereocenters. The molecule has 6 nitrogen and oxygen atoms in total. The van der Waals surface area contributed by atoms with Gasteiger partial charge in [-0.05, 0) is 25.5 Å². The molecule has 102 valence electrons. The number of carbonyl (C=O) groups excluding carboxylic acids is 1. The van der Waals surface area contributed by atoms with Crippen molar-refractivity contribution < 1.29 is 19.8 Å². The molecule has 0 bridgehead atoms. The molecule has 1 rings (SSSR count). The van der Waals surface area contributed by atoms with Gasteiger partial charge in [0.05, 0.1) is 5.69 Å². The molecule has 2 amide bonds. The number of anilines is 1. The molecule has 0 saturated heterocycles. The number of hydrogen-bond acceptors (Lipinski definition) is 3. The van der Waals surface area contributed by atoms with Crippen LogP contribution in [0.3, 0.4) is 0 Å². The van der Waals surface area contributed by atoms with Crippen molar-refractivity contribution in [3.8, 4) is 5.75 Å². The van der Waals surface area contributed by atoms with E-state index in [-0.39, 0.29) is 11.3 Å². The van der Waals surface area contributed by atoms with Gasteiger partial charge in [-0.1, -0.05) is 18.2 Å². The lowest BCUT2D eigenvalue weighted by atomic mass is 10.2. The molecule has 0 aliphatic heterocycles. The molecule has 1 aromatic carbocycles. The van der Waals surface area contributed by atoms with E-state index in [0.29, 0.717) is 13.0 Å². The summed E-state index contributed by atoms with van der Waals surface area (Å²) in [5.74, 6) is -1.71. The topological polar surface area (TPSA) is 98.7 Å². The summed E-state index contributed by atoms with van der Waals surface area (Å²) < 4.78 is 0. The van der Waals surface area contributed by atoms with Crippen LogP contribution in [0.5, 0.6) is 5.75 Å². The fraction of sp³-hybridized carbons (Fsp3) is 0.231. The normalized spacial score (nSPS) is 10.4. The molecule has 0 aliphatic rings. The number of hydrogen-bond donors (Lipinski definition) is 4. The molecular weight excluding hydrogens is 248 g/mol. The van der Waals surface area contributed by atoms with Crippen LogP contribution in [-0.4, -0.2) is 28.8 Å². The number of aromatic hydroxyl groups is 1. The van der Waals surface area contributed by atoms with E-state index in [2.05, 4.69) is 10.6 Å². The Kier molecular flexibility index (Phi) is 5.40. The van der Waals surface area contributed by atoms with Crippen LogP contribution in [0.4, 0.5) is 10.5 Å². The van der Waals surface area contributed by atoms with E-state index in [0.717, 1.165) is 0 Å². The van der Waals surface area contributed by atoms with Crippen molar-refractivity contribution in [3.05, 3.63) is 35.9 Å². The van der Waals surface area contributed by atoms with Crippen LogP contribution in [0.1, 0.15) is 23.7 Å². The number of allylic oxidation sites excluding steroid dienone is 1. The van der Waals surface area contributed by atoms with Crippen LogP contribution in [0.15, 0.2) is 30.4 Å². The second-order valence-corrected chi connectivity index (χ2v) is 3.75. The molecule has 0 radical (unpaired) electrons. The van der Waals surface area contributed by atoms with Crippen molar-refractivity contribution in [1.82, 2.24) is 5.32 Å². The van der Waals surface area contributed by atoms with E-state index >= 15 is 0 Å². The summed E-state index contributed by atoms with van der Waals surface area (Å²) in [4.78, 5) is 22.3. The maximum absolute atomic E-state index is 11.5. The predicted molar refractivity (Wildman–Crippen MR) is 71.5 cm³/mol. The van der Waals surface area contributed by atoms with Crippen molar-refractivity contribution in [2.75, 3.05) is 11.9 Å². The standard InChI is InChI=1S/C13H16N2O4/c1-2-3-4-8-14-13(19)15-10-7-5-6-9(11(10)16)12(17)18/h2-3,5-7,16H,4,8H2,1H3,(H,17,18)(H2,14,15,19)/b3-2+.